The van der Waals surface area contributed by atoms with Crippen LogP contribution in [0.5, 0.6) is 0 Å². The van der Waals surface area contributed by atoms with E-state index in [9.17, 15) is 0 Å². The van der Waals surface area contributed by atoms with Crippen molar-refractivity contribution in [1.29, 1.82) is 0 Å². The summed E-state index contributed by atoms with van der Waals surface area (Å²) in [6.45, 7) is 6.36. The highest BCUT2D eigenvalue weighted by Crippen LogP contribution is 2.17. The van der Waals surface area contributed by atoms with E-state index in [1.54, 1.807) is 0 Å². The van der Waals surface area contributed by atoms with Gasteiger partial charge in [0.25, 0.3) is 0 Å². The molecule has 0 aliphatic rings. The van der Waals surface area contributed by atoms with Gasteiger partial charge in [0.1, 0.15) is 0 Å². The molecule has 1 rings (SSSR count). The van der Waals surface area contributed by atoms with Crippen LogP contribution in [0.4, 0.5) is 0 Å². The van der Waals surface area contributed by atoms with Crippen LogP contribution in [-0.2, 0) is 0 Å². The summed E-state index contributed by atoms with van der Waals surface area (Å²) in [6, 6.07) is 4.66. The van der Waals surface area contributed by atoms with Crippen LogP contribution in [0.3, 0.4) is 0 Å². The standard InChI is InChI=1S/C13H23N3S/c1-5-14-11(2)12-6-7-13(15-10-12)17-9-8-16(3)4/h6-7,10-11,14H,5,8-9H2,1-4H3. The Balaban J connectivity index is 2.44. The average molecular weight is 253 g/mol. The summed E-state index contributed by atoms with van der Waals surface area (Å²) in [7, 11) is 4.18. The van der Waals surface area contributed by atoms with E-state index in [0.717, 1.165) is 23.9 Å². The van der Waals surface area contributed by atoms with Crippen molar-refractivity contribution in [2.24, 2.45) is 0 Å². The first-order valence-corrected chi connectivity index (χ1v) is 7.09. The van der Waals surface area contributed by atoms with Crippen LogP contribution in [0.25, 0.3) is 0 Å². The van der Waals surface area contributed by atoms with E-state index in [1.165, 1.54) is 5.56 Å². The Morgan fingerprint density at radius 2 is 2.18 bits per heavy atom. The lowest BCUT2D eigenvalue weighted by Crippen LogP contribution is -2.17. The van der Waals surface area contributed by atoms with Gasteiger partial charge in [0.15, 0.2) is 0 Å². The number of rotatable bonds is 7. The SMILES string of the molecule is CCNC(C)c1ccc(SCCN(C)C)nc1. The fourth-order valence-electron chi connectivity index (χ4n) is 1.49. The van der Waals surface area contributed by atoms with Gasteiger partial charge < -0.3 is 10.2 Å². The maximum absolute atomic E-state index is 4.48. The van der Waals surface area contributed by atoms with E-state index in [2.05, 4.69) is 55.3 Å². The minimum atomic E-state index is 0.383. The zero-order chi connectivity index (χ0) is 12.7. The Labute approximate surface area is 109 Å². The number of nitrogens with zero attached hydrogens (tertiary/aromatic N) is 2. The van der Waals surface area contributed by atoms with Crippen molar-refractivity contribution >= 4 is 11.8 Å². The number of thioether (sulfide) groups is 1. The van der Waals surface area contributed by atoms with Crippen molar-refractivity contribution in [1.82, 2.24) is 15.2 Å². The van der Waals surface area contributed by atoms with E-state index < -0.39 is 0 Å². The zero-order valence-electron chi connectivity index (χ0n) is 11.2. The van der Waals surface area contributed by atoms with E-state index in [4.69, 9.17) is 0 Å². The highest BCUT2D eigenvalue weighted by Gasteiger charge is 2.04. The second-order valence-electron chi connectivity index (χ2n) is 4.36. The monoisotopic (exact) mass is 253 g/mol. The third-order valence-corrected chi connectivity index (χ3v) is 3.48. The molecule has 1 atom stereocenters. The number of nitrogens with one attached hydrogen (secondary N) is 1. The van der Waals surface area contributed by atoms with Crippen LogP contribution in [0, 0.1) is 0 Å². The number of hydrogen-bond donors (Lipinski definition) is 1. The fraction of sp³-hybridized carbons (Fsp3) is 0.615. The molecular formula is C13H23N3S. The summed E-state index contributed by atoms with van der Waals surface area (Å²) < 4.78 is 0. The molecule has 3 nitrogen and oxygen atoms in total. The topological polar surface area (TPSA) is 28.2 Å². The fourth-order valence-corrected chi connectivity index (χ4v) is 2.45. The van der Waals surface area contributed by atoms with Gasteiger partial charge in [-0.1, -0.05) is 13.0 Å². The zero-order valence-corrected chi connectivity index (χ0v) is 12.0. The first kappa shape index (κ1) is 14.5. The predicted molar refractivity (Wildman–Crippen MR) is 75.6 cm³/mol. The second kappa shape index (κ2) is 7.69. The maximum atomic E-state index is 4.48. The minimum absolute atomic E-state index is 0.383. The lowest BCUT2D eigenvalue weighted by atomic mass is 10.1. The second-order valence-corrected chi connectivity index (χ2v) is 5.48. The van der Waals surface area contributed by atoms with Gasteiger partial charge in [-0.05, 0) is 39.2 Å². The smallest absolute Gasteiger partial charge is 0.0960 e. The van der Waals surface area contributed by atoms with E-state index in [-0.39, 0.29) is 0 Å². The summed E-state index contributed by atoms with van der Waals surface area (Å²) in [5.41, 5.74) is 1.25. The molecule has 96 valence electrons. The molecule has 1 heterocycles. The largest absolute Gasteiger partial charge is 0.310 e. The maximum Gasteiger partial charge on any atom is 0.0960 e. The Morgan fingerprint density at radius 3 is 2.71 bits per heavy atom. The molecule has 0 aliphatic carbocycles. The molecule has 4 heteroatoms. The van der Waals surface area contributed by atoms with Crippen LogP contribution in [0.1, 0.15) is 25.5 Å². The summed E-state index contributed by atoms with van der Waals surface area (Å²) >= 11 is 1.81. The molecule has 0 aliphatic heterocycles. The number of pyridine rings is 1. The molecule has 1 aromatic heterocycles. The van der Waals surface area contributed by atoms with E-state index >= 15 is 0 Å². The average Bonchev–Trinajstić information content (AvgIpc) is 2.30. The predicted octanol–water partition coefficient (Wildman–Crippen LogP) is 2.41. The molecule has 1 N–H and O–H groups in total. The van der Waals surface area contributed by atoms with Crippen LogP contribution < -0.4 is 5.32 Å². The normalized spacial score (nSPS) is 13.0. The summed E-state index contributed by atoms with van der Waals surface area (Å²) in [6.07, 6.45) is 1.98. The van der Waals surface area contributed by atoms with Crippen LogP contribution >= 0.6 is 11.8 Å². The summed E-state index contributed by atoms with van der Waals surface area (Å²) in [5.74, 6) is 1.09. The number of aromatic nitrogens is 1. The van der Waals surface area contributed by atoms with E-state index in [0.29, 0.717) is 6.04 Å². The Bertz CT molecular complexity index is 311. The molecule has 1 aromatic rings. The van der Waals surface area contributed by atoms with Gasteiger partial charge in [-0.15, -0.1) is 11.8 Å². The molecule has 0 saturated carbocycles. The molecule has 17 heavy (non-hydrogen) atoms. The summed E-state index contributed by atoms with van der Waals surface area (Å²) in [4.78, 5) is 6.67. The minimum Gasteiger partial charge on any atom is -0.310 e. The van der Waals surface area contributed by atoms with Gasteiger partial charge in [0.05, 0.1) is 5.03 Å². The first-order valence-electron chi connectivity index (χ1n) is 6.10. The molecule has 0 amide bonds. The van der Waals surface area contributed by atoms with Gasteiger partial charge in [-0.3, -0.25) is 0 Å². The quantitative estimate of drug-likeness (QED) is 0.755. The molecule has 0 fully saturated rings. The van der Waals surface area contributed by atoms with Crippen molar-refractivity contribution in [3.63, 3.8) is 0 Å². The first-order chi connectivity index (χ1) is 8.13. The molecular weight excluding hydrogens is 230 g/mol. The summed E-state index contributed by atoms with van der Waals surface area (Å²) in [5, 5.41) is 4.50. The Hall–Kier alpha value is -0.580. The van der Waals surface area contributed by atoms with Gasteiger partial charge in [-0.25, -0.2) is 4.98 Å². The van der Waals surface area contributed by atoms with Crippen molar-refractivity contribution in [3.8, 4) is 0 Å². The molecule has 0 spiro atoms. The highest BCUT2D eigenvalue weighted by atomic mass is 32.2. The van der Waals surface area contributed by atoms with Gasteiger partial charge in [0.2, 0.25) is 0 Å². The van der Waals surface area contributed by atoms with Crippen LogP contribution in [0.2, 0.25) is 0 Å². The van der Waals surface area contributed by atoms with Gasteiger partial charge >= 0.3 is 0 Å². The third-order valence-electron chi connectivity index (χ3n) is 2.56. The highest BCUT2D eigenvalue weighted by molar-refractivity contribution is 7.99. The van der Waals surface area contributed by atoms with Gasteiger partial charge in [-0.2, -0.15) is 0 Å². The van der Waals surface area contributed by atoms with Gasteiger partial charge in [0, 0.05) is 24.5 Å². The van der Waals surface area contributed by atoms with Crippen molar-refractivity contribution < 1.29 is 0 Å². The van der Waals surface area contributed by atoms with Crippen molar-refractivity contribution in [3.05, 3.63) is 23.9 Å². The molecule has 0 radical (unpaired) electrons. The Kier molecular flexibility index (Phi) is 6.55. The van der Waals surface area contributed by atoms with Crippen LogP contribution in [-0.4, -0.2) is 42.8 Å². The van der Waals surface area contributed by atoms with Crippen molar-refractivity contribution in [2.75, 3.05) is 32.9 Å². The molecule has 0 aromatic carbocycles. The third kappa shape index (κ3) is 5.52. The lowest BCUT2D eigenvalue weighted by molar-refractivity contribution is 0.437. The molecule has 0 bridgehead atoms. The van der Waals surface area contributed by atoms with E-state index in [1.807, 2.05) is 18.0 Å². The number of hydrogen-bond acceptors (Lipinski definition) is 4. The lowest BCUT2D eigenvalue weighted by Gasteiger charge is -2.12. The van der Waals surface area contributed by atoms with Crippen molar-refractivity contribution in [2.45, 2.75) is 24.9 Å². The van der Waals surface area contributed by atoms with Crippen LogP contribution in [0.15, 0.2) is 23.4 Å². The molecule has 1 unspecified atom stereocenters. The Morgan fingerprint density at radius 1 is 1.41 bits per heavy atom. The molecule has 0 saturated heterocycles.